The molecule has 0 aromatic carbocycles. The van der Waals surface area contributed by atoms with Crippen molar-refractivity contribution in [1.82, 2.24) is 4.98 Å². The molecule has 1 aliphatic carbocycles. The maximum Gasteiger partial charge on any atom is 0.206 e. The predicted octanol–water partition coefficient (Wildman–Crippen LogP) is 1.70. The Bertz CT molecular complexity index is 561. The van der Waals surface area contributed by atoms with Crippen molar-refractivity contribution >= 4 is 28.4 Å². The second kappa shape index (κ2) is 3.91. The molecule has 0 bridgehead atoms. The monoisotopic (exact) mass is 232 g/mol. The summed E-state index contributed by atoms with van der Waals surface area (Å²) in [6.07, 6.45) is 5.54. The highest BCUT2D eigenvalue weighted by Gasteiger charge is 2.28. The molecule has 0 fully saturated rings. The molecule has 1 heterocycles. The fourth-order valence-electron chi connectivity index (χ4n) is 1.58. The Balaban J connectivity index is 2.43. The van der Waals surface area contributed by atoms with Crippen LogP contribution in [0.15, 0.2) is 16.1 Å². The molecule has 16 heavy (non-hydrogen) atoms. The SMILES string of the molecule is C#Cc1nc(C2=C(C)C(=O)/C(=N/O)C2)cs1. The van der Waals surface area contributed by atoms with Gasteiger partial charge < -0.3 is 5.21 Å². The van der Waals surface area contributed by atoms with Gasteiger partial charge in [-0.3, -0.25) is 4.79 Å². The van der Waals surface area contributed by atoms with Crippen molar-refractivity contribution in [2.45, 2.75) is 13.3 Å². The highest BCUT2D eigenvalue weighted by molar-refractivity contribution is 7.10. The average Bonchev–Trinajstić information content (AvgIpc) is 2.86. The smallest absolute Gasteiger partial charge is 0.206 e. The maximum absolute atomic E-state index is 11.6. The molecule has 0 aliphatic heterocycles. The predicted molar refractivity (Wildman–Crippen MR) is 61.5 cm³/mol. The van der Waals surface area contributed by atoms with Crippen molar-refractivity contribution < 1.29 is 10.0 Å². The van der Waals surface area contributed by atoms with E-state index in [1.807, 2.05) is 5.38 Å². The molecule has 0 atom stereocenters. The van der Waals surface area contributed by atoms with Crippen molar-refractivity contribution in [3.63, 3.8) is 0 Å². The zero-order valence-electron chi connectivity index (χ0n) is 8.52. The fraction of sp³-hybridized carbons (Fsp3) is 0.182. The molecule has 0 saturated carbocycles. The third-order valence-corrected chi connectivity index (χ3v) is 3.23. The summed E-state index contributed by atoms with van der Waals surface area (Å²) in [5.74, 6) is 2.21. The van der Waals surface area contributed by atoms with Crippen molar-refractivity contribution in [2.24, 2.45) is 5.16 Å². The lowest BCUT2D eigenvalue weighted by atomic mass is 10.1. The highest BCUT2D eigenvalue weighted by Crippen LogP contribution is 2.30. The molecule has 80 valence electrons. The normalized spacial score (nSPS) is 18.2. The molecular weight excluding hydrogens is 224 g/mol. The molecule has 5 heteroatoms. The number of nitrogens with zero attached hydrogens (tertiary/aromatic N) is 2. The number of oxime groups is 1. The second-order valence-electron chi connectivity index (χ2n) is 3.34. The van der Waals surface area contributed by atoms with E-state index in [0.29, 0.717) is 22.7 Å². The van der Waals surface area contributed by atoms with Crippen LogP contribution < -0.4 is 0 Å². The summed E-state index contributed by atoms with van der Waals surface area (Å²) in [5.41, 5.74) is 2.21. The lowest BCUT2D eigenvalue weighted by Gasteiger charge is -1.95. The Labute approximate surface area is 96.3 Å². The first-order chi connectivity index (χ1) is 7.67. The summed E-state index contributed by atoms with van der Waals surface area (Å²) in [6, 6.07) is 0. The van der Waals surface area contributed by atoms with Gasteiger partial charge in [-0.05, 0) is 18.4 Å². The molecule has 0 unspecified atom stereocenters. The molecule has 1 N–H and O–H groups in total. The van der Waals surface area contributed by atoms with Crippen LogP contribution in [0.5, 0.6) is 0 Å². The zero-order valence-corrected chi connectivity index (χ0v) is 9.34. The summed E-state index contributed by atoms with van der Waals surface area (Å²) < 4.78 is 0. The third-order valence-electron chi connectivity index (χ3n) is 2.46. The molecular formula is C11H8N2O2S. The summed E-state index contributed by atoms with van der Waals surface area (Å²) in [5, 5.41) is 14.0. The molecule has 4 nitrogen and oxygen atoms in total. The zero-order chi connectivity index (χ0) is 11.7. The summed E-state index contributed by atoms with van der Waals surface area (Å²) in [6.45, 7) is 1.70. The number of allylic oxidation sites excluding steroid dienone is 2. The van der Waals surface area contributed by atoms with Crippen LogP contribution in [0, 0.1) is 12.3 Å². The lowest BCUT2D eigenvalue weighted by molar-refractivity contribution is -0.109. The largest absolute Gasteiger partial charge is 0.411 e. The van der Waals surface area contributed by atoms with Crippen molar-refractivity contribution in [1.29, 1.82) is 0 Å². The highest BCUT2D eigenvalue weighted by atomic mass is 32.1. The van der Waals surface area contributed by atoms with Crippen molar-refractivity contribution in [3.8, 4) is 12.3 Å². The van der Waals surface area contributed by atoms with Crippen LogP contribution in [-0.4, -0.2) is 21.7 Å². The molecule has 1 aliphatic rings. The number of aromatic nitrogens is 1. The molecule has 0 spiro atoms. The standard InChI is InChI=1S/C11H8N2O2S/c1-3-10-12-9(5-16-10)7-4-8(13-15)11(14)6(7)2/h1,5,15H,4H2,2H3/b13-8+. The van der Waals surface area contributed by atoms with E-state index in [-0.39, 0.29) is 11.5 Å². The van der Waals surface area contributed by atoms with Gasteiger partial charge in [0, 0.05) is 17.4 Å². The first kappa shape index (κ1) is 10.6. The first-order valence-corrected chi connectivity index (χ1v) is 5.43. The van der Waals surface area contributed by atoms with Gasteiger partial charge in [-0.25, -0.2) is 4.98 Å². The fourth-order valence-corrected chi connectivity index (χ4v) is 2.21. The van der Waals surface area contributed by atoms with E-state index in [0.717, 1.165) is 5.57 Å². The van der Waals surface area contributed by atoms with Crippen LogP contribution in [0.2, 0.25) is 0 Å². The number of terminal acetylenes is 1. The Kier molecular flexibility index (Phi) is 2.59. The quantitative estimate of drug-likeness (QED) is 0.455. The van der Waals surface area contributed by atoms with Gasteiger partial charge in [-0.15, -0.1) is 17.8 Å². The van der Waals surface area contributed by atoms with Gasteiger partial charge in [0.2, 0.25) is 5.78 Å². The molecule has 1 aromatic rings. The van der Waals surface area contributed by atoms with Crippen LogP contribution in [-0.2, 0) is 4.79 Å². The second-order valence-corrected chi connectivity index (χ2v) is 4.20. The van der Waals surface area contributed by atoms with E-state index < -0.39 is 0 Å². The van der Waals surface area contributed by atoms with Gasteiger partial charge in [0.1, 0.15) is 5.71 Å². The van der Waals surface area contributed by atoms with E-state index in [9.17, 15) is 4.79 Å². The number of carbonyl (C=O) groups excluding carboxylic acids is 1. The Hall–Kier alpha value is -1.93. The van der Waals surface area contributed by atoms with Crippen LogP contribution in [0.1, 0.15) is 24.0 Å². The van der Waals surface area contributed by atoms with Gasteiger partial charge in [-0.2, -0.15) is 0 Å². The van der Waals surface area contributed by atoms with E-state index in [1.165, 1.54) is 11.3 Å². The van der Waals surface area contributed by atoms with E-state index in [4.69, 9.17) is 11.6 Å². The van der Waals surface area contributed by atoms with E-state index in [2.05, 4.69) is 16.1 Å². The van der Waals surface area contributed by atoms with Gasteiger partial charge in [0.15, 0.2) is 5.01 Å². The minimum Gasteiger partial charge on any atom is -0.411 e. The van der Waals surface area contributed by atoms with Gasteiger partial charge in [0.25, 0.3) is 0 Å². The molecule has 1 aromatic heterocycles. The lowest BCUT2D eigenvalue weighted by Crippen LogP contribution is -2.07. The number of carbonyl (C=O) groups is 1. The van der Waals surface area contributed by atoms with Crippen LogP contribution in [0.4, 0.5) is 0 Å². The Morgan fingerprint density at radius 3 is 2.94 bits per heavy atom. The van der Waals surface area contributed by atoms with E-state index in [1.54, 1.807) is 6.92 Å². The topological polar surface area (TPSA) is 62.5 Å². The average molecular weight is 232 g/mol. The summed E-state index contributed by atoms with van der Waals surface area (Å²) >= 11 is 1.35. The number of hydrogen-bond donors (Lipinski definition) is 1. The molecule has 0 amide bonds. The third kappa shape index (κ3) is 1.53. The maximum atomic E-state index is 11.6. The Morgan fingerprint density at radius 2 is 2.44 bits per heavy atom. The van der Waals surface area contributed by atoms with Crippen molar-refractivity contribution in [2.75, 3.05) is 0 Å². The minimum absolute atomic E-state index is 0.155. The number of rotatable bonds is 1. The molecule has 0 saturated heterocycles. The van der Waals surface area contributed by atoms with Gasteiger partial charge in [0.05, 0.1) is 5.69 Å². The van der Waals surface area contributed by atoms with Crippen molar-refractivity contribution in [3.05, 3.63) is 21.7 Å². The van der Waals surface area contributed by atoms with E-state index >= 15 is 0 Å². The summed E-state index contributed by atoms with van der Waals surface area (Å²) in [4.78, 5) is 15.8. The molecule has 0 radical (unpaired) electrons. The number of ketones is 1. The number of Topliss-reactive ketones (excluding diaryl/α,β-unsaturated/α-hetero) is 1. The van der Waals surface area contributed by atoms with Gasteiger partial charge >= 0.3 is 0 Å². The minimum atomic E-state index is -0.229. The first-order valence-electron chi connectivity index (χ1n) is 4.55. The summed E-state index contributed by atoms with van der Waals surface area (Å²) in [7, 11) is 0. The van der Waals surface area contributed by atoms with Crippen LogP contribution in [0.25, 0.3) is 5.57 Å². The number of hydrogen-bond acceptors (Lipinski definition) is 5. The molecule has 2 rings (SSSR count). The Morgan fingerprint density at radius 1 is 1.69 bits per heavy atom. The van der Waals surface area contributed by atoms with Crippen LogP contribution >= 0.6 is 11.3 Å². The van der Waals surface area contributed by atoms with Gasteiger partial charge in [-0.1, -0.05) is 5.16 Å². The van der Waals surface area contributed by atoms with Crippen LogP contribution in [0.3, 0.4) is 0 Å². The number of thiazole rings is 1.